The smallest absolute Gasteiger partial charge is 0.223 e. The normalized spacial score (nSPS) is 16.8. The summed E-state index contributed by atoms with van der Waals surface area (Å²) < 4.78 is 31.2. The second kappa shape index (κ2) is 7.40. The van der Waals surface area contributed by atoms with Crippen LogP contribution < -0.4 is 5.32 Å². The highest BCUT2D eigenvalue weighted by Crippen LogP contribution is 2.20. The minimum atomic E-state index is -3.16. The van der Waals surface area contributed by atoms with Crippen molar-refractivity contribution in [2.24, 2.45) is 5.92 Å². The van der Waals surface area contributed by atoms with Crippen molar-refractivity contribution in [1.82, 2.24) is 19.4 Å². The topological polar surface area (TPSA) is 97.4 Å². The fourth-order valence-electron chi connectivity index (χ4n) is 2.95. The van der Waals surface area contributed by atoms with E-state index in [9.17, 15) is 13.2 Å². The van der Waals surface area contributed by atoms with Gasteiger partial charge in [0.1, 0.15) is 0 Å². The molecule has 1 aliphatic heterocycles. The lowest BCUT2D eigenvalue weighted by atomic mass is 9.97. The van der Waals surface area contributed by atoms with Crippen molar-refractivity contribution in [3.05, 3.63) is 31.0 Å². The lowest BCUT2D eigenvalue weighted by molar-refractivity contribution is -0.126. The molecule has 9 heteroatoms. The summed E-state index contributed by atoms with van der Waals surface area (Å²) in [6, 6.07) is 1.87. The summed E-state index contributed by atoms with van der Waals surface area (Å²) in [6.07, 6.45) is 9.26. The van der Waals surface area contributed by atoms with Gasteiger partial charge >= 0.3 is 0 Å². The van der Waals surface area contributed by atoms with Crippen LogP contribution in [-0.2, 0) is 21.4 Å². The molecule has 8 nitrogen and oxygen atoms in total. The Hall–Kier alpha value is -2.13. The van der Waals surface area contributed by atoms with E-state index in [0.29, 0.717) is 39.0 Å². The summed E-state index contributed by atoms with van der Waals surface area (Å²) in [5.74, 6) is -0.146. The van der Waals surface area contributed by atoms with Crippen molar-refractivity contribution in [2.45, 2.75) is 19.4 Å². The molecule has 2 aromatic rings. The van der Waals surface area contributed by atoms with Crippen LogP contribution >= 0.6 is 0 Å². The maximum absolute atomic E-state index is 12.2. The molecular weight excluding hydrogens is 344 g/mol. The number of aromatic nitrogens is 2. The van der Waals surface area contributed by atoms with Crippen LogP contribution in [0.25, 0.3) is 11.1 Å². The first kappa shape index (κ1) is 17.7. The lowest BCUT2D eigenvalue weighted by Gasteiger charge is -2.29. The molecule has 0 radical (unpaired) electrons. The SMILES string of the molecule is CS(=O)(=O)N1CCC(C(=O)NCCn2cc(-c3ccoc3)cn2)CC1. The molecule has 3 heterocycles. The quantitative estimate of drug-likeness (QED) is 0.820. The highest BCUT2D eigenvalue weighted by molar-refractivity contribution is 7.88. The third-order valence-electron chi connectivity index (χ3n) is 4.42. The number of nitrogens with one attached hydrogen (secondary N) is 1. The third kappa shape index (κ3) is 4.49. The molecule has 1 N–H and O–H groups in total. The zero-order valence-electron chi connectivity index (χ0n) is 14.1. The molecule has 0 atom stereocenters. The first-order valence-electron chi connectivity index (χ1n) is 8.21. The van der Waals surface area contributed by atoms with Crippen LogP contribution in [0.2, 0.25) is 0 Å². The number of sulfonamides is 1. The molecule has 1 saturated heterocycles. The standard InChI is InChI=1S/C16H22N4O4S/c1-25(22,23)20-6-2-13(3-7-20)16(21)17-5-8-19-11-15(10-18-19)14-4-9-24-12-14/h4,9-13H,2-3,5-8H2,1H3,(H,17,21). The van der Waals surface area contributed by atoms with Gasteiger partial charge in [-0.25, -0.2) is 12.7 Å². The van der Waals surface area contributed by atoms with Crippen molar-refractivity contribution < 1.29 is 17.6 Å². The van der Waals surface area contributed by atoms with Crippen LogP contribution in [0.4, 0.5) is 0 Å². The van der Waals surface area contributed by atoms with E-state index in [-0.39, 0.29) is 11.8 Å². The number of furan rings is 1. The van der Waals surface area contributed by atoms with Crippen molar-refractivity contribution in [3.8, 4) is 11.1 Å². The molecule has 0 aliphatic carbocycles. The number of carbonyl (C=O) groups is 1. The fraction of sp³-hybridized carbons (Fsp3) is 0.500. The number of hydrogen-bond acceptors (Lipinski definition) is 5. The second-order valence-corrected chi connectivity index (χ2v) is 8.21. The van der Waals surface area contributed by atoms with Crippen molar-refractivity contribution >= 4 is 15.9 Å². The molecule has 1 amide bonds. The molecule has 0 unspecified atom stereocenters. The highest BCUT2D eigenvalue weighted by atomic mass is 32.2. The Morgan fingerprint density at radius 2 is 2.12 bits per heavy atom. The van der Waals surface area contributed by atoms with Crippen LogP contribution in [0.5, 0.6) is 0 Å². The summed E-state index contributed by atoms with van der Waals surface area (Å²) >= 11 is 0. The van der Waals surface area contributed by atoms with Crippen molar-refractivity contribution in [2.75, 3.05) is 25.9 Å². The zero-order chi connectivity index (χ0) is 17.9. The number of hydrogen-bond donors (Lipinski definition) is 1. The molecule has 1 aliphatic rings. The summed E-state index contributed by atoms with van der Waals surface area (Å²) in [5, 5.41) is 7.18. The van der Waals surface area contributed by atoms with Crippen molar-refractivity contribution in [1.29, 1.82) is 0 Å². The first-order chi connectivity index (χ1) is 11.9. The molecule has 2 aromatic heterocycles. The largest absolute Gasteiger partial charge is 0.472 e. The molecule has 0 spiro atoms. The molecule has 0 aromatic carbocycles. The summed E-state index contributed by atoms with van der Waals surface area (Å²) in [6.45, 7) is 1.87. The van der Waals surface area contributed by atoms with Crippen LogP contribution in [0.15, 0.2) is 35.4 Å². The number of rotatable bonds is 6. The van der Waals surface area contributed by atoms with Gasteiger partial charge in [0.15, 0.2) is 0 Å². The number of piperidine rings is 1. The van der Waals surface area contributed by atoms with Crippen LogP contribution in [-0.4, -0.2) is 54.3 Å². The molecule has 3 rings (SSSR count). The number of nitrogens with zero attached hydrogens (tertiary/aromatic N) is 3. The van der Waals surface area contributed by atoms with Gasteiger partial charge in [-0.3, -0.25) is 9.48 Å². The maximum Gasteiger partial charge on any atom is 0.223 e. The summed E-state index contributed by atoms with van der Waals surface area (Å²) in [4.78, 5) is 12.2. The van der Waals surface area contributed by atoms with E-state index < -0.39 is 10.0 Å². The van der Waals surface area contributed by atoms with Gasteiger partial charge in [-0.05, 0) is 18.9 Å². The van der Waals surface area contributed by atoms with Crippen molar-refractivity contribution in [3.63, 3.8) is 0 Å². The van der Waals surface area contributed by atoms with Gasteiger partial charge in [0.2, 0.25) is 15.9 Å². The van der Waals surface area contributed by atoms with Crippen LogP contribution in [0.1, 0.15) is 12.8 Å². The Kier molecular flexibility index (Phi) is 5.24. The predicted molar refractivity (Wildman–Crippen MR) is 92.1 cm³/mol. The summed E-state index contributed by atoms with van der Waals surface area (Å²) in [5.41, 5.74) is 1.93. The van der Waals surface area contributed by atoms with E-state index >= 15 is 0 Å². The molecule has 136 valence electrons. The van der Waals surface area contributed by atoms with E-state index in [1.165, 1.54) is 10.6 Å². The van der Waals surface area contributed by atoms with Gasteiger partial charge in [0.25, 0.3) is 0 Å². The lowest BCUT2D eigenvalue weighted by Crippen LogP contribution is -2.43. The number of amides is 1. The average Bonchev–Trinajstić information content (AvgIpc) is 3.25. The Bertz CT molecular complexity index is 805. The molecule has 25 heavy (non-hydrogen) atoms. The molecule has 0 bridgehead atoms. The number of carbonyl (C=O) groups excluding carboxylic acids is 1. The van der Waals surface area contributed by atoms with E-state index in [1.54, 1.807) is 23.4 Å². The van der Waals surface area contributed by atoms with Gasteiger partial charge in [-0.1, -0.05) is 0 Å². The fourth-order valence-corrected chi connectivity index (χ4v) is 3.83. The minimum Gasteiger partial charge on any atom is -0.472 e. The predicted octanol–water partition coefficient (Wildman–Crippen LogP) is 0.931. The Balaban J connectivity index is 1.43. The van der Waals surface area contributed by atoms with Gasteiger partial charge in [-0.2, -0.15) is 5.10 Å². The van der Waals surface area contributed by atoms with E-state index in [2.05, 4.69) is 10.4 Å². The zero-order valence-corrected chi connectivity index (χ0v) is 14.9. The Labute approximate surface area is 146 Å². The molecule has 0 saturated carbocycles. The van der Waals surface area contributed by atoms with E-state index in [0.717, 1.165) is 11.1 Å². The van der Waals surface area contributed by atoms with E-state index in [4.69, 9.17) is 4.42 Å². The Morgan fingerprint density at radius 1 is 1.36 bits per heavy atom. The highest BCUT2D eigenvalue weighted by Gasteiger charge is 2.28. The molecular formula is C16H22N4O4S. The van der Waals surface area contributed by atoms with Gasteiger partial charge in [0.05, 0.1) is 31.5 Å². The van der Waals surface area contributed by atoms with Crippen LogP contribution in [0, 0.1) is 5.92 Å². The molecule has 1 fully saturated rings. The van der Waals surface area contributed by atoms with E-state index in [1.807, 2.05) is 12.3 Å². The van der Waals surface area contributed by atoms with Gasteiger partial charge in [0, 0.05) is 42.9 Å². The second-order valence-electron chi connectivity index (χ2n) is 6.23. The minimum absolute atomic E-state index is 0.0182. The third-order valence-corrected chi connectivity index (χ3v) is 5.72. The maximum atomic E-state index is 12.2. The average molecular weight is 366 g/mol. The van der Waals surface area contributed by atoms with Crippen LogP contribution in [0.3, 0.4) is 0 Å². The van der Waals surface area contributed by atoms with Gasteiger partial charge in [-0.15, -0.1) is 0 Å². The first-order valence-corrected chi connectivity index (χ1v) is 10.1. The Morgan fingerprint density at radius 3 is 2.76 bits per heavy atom. The monoisotopic (exact) mass is 366 g/mol. The van der Waals surface area contributed by atoms with Gasteiger partial charge < -0.3 is 9.73 Å². The summed E-state index contributed by atoms with van der Waals surface area (Å²) in [7, 11) is -3.16.